The van der Waals surface area contributed by atoms with Crippen LogP contribution < -0.4 is 11.1 Å². The van der Waals surface area contributed by atoms with Crippen molar-refractivity contribution in [3.05, 3.63) is 29.8 Å². The quantitative estimate of drug-likeness (QED) is 0.685. The molecule has 1 atom stereocenters. The molecule has 0 radical (unpaired) electrons. The second-order valence-corrected chi connectivity index (χ2v) is 8.87. The molecule has 3 N–H and O–H groups in total. The van der Waals surface area contributed by atoms with E-state index in [4.69, 9.17) is 5.73 Å². The molecule has 0 saturated carbocycles. The minimum Gasteiger partial charge on any atom is -0.352 e. The maximum Gasteiger partial charge on any atom is 0.243 e. The van der Waals surface area contributed by atoms with Crippen molar-refractivity contribution in [2.24, 2.45) is 5.73 Å². The largest absolute Gasteiger partial charge is 0.352 e. The minimum absolute atomic E-state index is 0.00111. The molecule has 0 aliphatic carbocycles. The highest BCUT2D eigenvalue weighted by Crippen LogP contribution is 2.21. The zero-order valence-electron chi connectivity index (χ0n) is 15.6. The van der Waals surface area contributed by atoms with Crippen LogP contribution in [0.25, 0.3) is 0 Å². The van der Waals surface area contributed by atoms with Gasteiger partial charge in [-0.1, -0.05) is 38.3 Å². The summed E-state index contributed by atoms with van der Waals surface area (Å²) in [6.07, 6.45) is 6.13. The summed E-state index contributed by atoms with van der Waals surface area (Å²) in [6, 6.07) is 6.65. The second-order valence-electron chi connectivity index (χ2n) is 6.93. The van der Waals surface area contributed by atoms with Gasteiger partial charge in [0.25, 0.3) is 0 Å². The van der Waals surface area contributed by atoms with Crippen molar-refractivity contribution in [1.82, 2.24) is 9.62 Å². The Labute approximate surface area is 157 Å². The van der Waals surface area contributed by atoms with E-state index in [0.29, 0.717) is 24.5 Å². The predicted octanol–water partition coefficient (Wildman–Crippen LogP) is 2.04. The zero-order chi connectivity index (χ0) is 19.0. The maximum absolute atomic E-state index is 12.6. The van der Waals surface area contributed by atoms with Crippen molar-refractivity contribution in [3.63, 3.8) is 0 Å². The highest BCUT2D eigenvalue weighted by Gasteiger charge is 2.25. The molecule has 2 rings (SSSR count). The van der Waals surface area contributed by atoms with Gasteiger partial charge in [-0.2, -0.15) is 4.31 Å². The number of benzene rings is 1. The van der Waals surface area contributed by atoms with Gasteiger partial charge in [0.2, 0.25) is 15.9 Å². The molecule has 0 aromatic heterocycles. The van der Waals surface area contributed by atoms with Crippen LogP contribution in [0.1, 0.15) is 51.0 Å². The van der Waals surface area contributed by atoms with Crippen LogP contribution in [0.4, 0.5) is 0 Å². The first-order valence-electron chi connectivity index (χ1n) is 9.56. The van der Waals surface area contributed by atoms with Gasteiger partial charge in [-0.05, 0) is 37.0 Å². The van der Waals surface area contributed by atoms with E-state index in [0.717, 1.165) is 44.1 Å². The lowest BCUT2D eigenvalue weighted by molar-refractivity contribution is -0.121. The molecule has 1 aromatic carbocycles. The van der Waals surface area contributed by atoms with E-state index in [-0.39, 0.29) is 18.4 Å². The van der Waals surface area contributed by atoms with Gasteiger partial charge in [-0.15, -0.1) is 0 Å². The molecule has 1 amide bonds. The average molecular weight is 382 g/mol. The van der Waals surface area contributed by atoms with Crippen LogP contribution >= 0.6 is 0 Å². The highest BCUT2D eigenvalue weighted by atomic mass is 32.2. The normalized spacial score (nSPS) is 17.0. The molecule has 146 valence electrons. The monoisotopic (exact) mass is 381 g/mol. The third-order valence-electron chi connectivity index (χ3n) is 4.80. The number of amides is 1. The van der Waals surface area contributed by atoms with E-state index in [9.17, 15) is 13.2 Å². The van der Waals surface area contributed by atoms with Crippen molar-refractivity contribution in [3.8, 4) is 0 Å². The Balaban J connectivity index is 1.95. The fraction of sp³-hybridized carbons (Fsp3) is 0.632. The Kier molecular flexibility index (Phi) is 8.06. The highest BCUT2D eigenvalue weighted by molar-refractivity contribution is 7.89. The maximum atomic E-state index is 12.6. The van der Waals surface area contributed by atoms with Crippen LogP contribution in [0.5, 0.6) is 0 Å². The number of carbonyl (C=O) groups excluding carboxylic acids is 1. The lowest BCUT2D eigenvalue weighted by atomic mass is 10.1. The van der Waals surface area contributed by atoms with E-state index in [2.05, 4.69) is 12.2 Å². The zero-order valence-corrected chi connectivity index (χ0v) is 16.4. The number of rotatable bonds is 9. The summed E-state index contributed by atoms with van der Waals surface area (Å²) in [7, 11) is -3.42. The van der Waals surface area contributed by atoms with Gasteiger partial charge in [0.15, 0.2) is 0 Å². The molecule has 0 spiro atoms. The number of nitrogens with two attached hydrogens (primary N) is 1. The first-order chi connectivity index (χ1) is 12.5. The topological polar surface area (TPSA) is 92.5 Å². The van der Waals surface area contributed by atoms with Crippen LogP contribution in [-0.2, 0) is 21.2 Å². The Morgan fingerprint density at radius 1 is 1.19 bits per heavy atom. The Bertz CT molecular complexity index is 668. The Morgan fingerprint density at radius 3 is 2.42 bits per heavy atom. The Hall–Kier alpha value is -1.44. The molecule has 1 aliphatic rings. The summed E-state index contributed by atoms with van der Waals surface area (Å²) in [6.45, 7) is 3.71. The number of hydrogen-bond acceptors (Lipinski definition) is 4. The fourth-order valence-corrected chi connectivity index (χ4v) is 4.71. The number of nitrogens with zero attached hydrogens (tertiary/aromatic N) is 1. The van der Waals surface area contributed by atoms with E-state index >= 15 is 0 Å². The smallest absolute Gasteiger partial charge is 0.243 e. The standard InChI is InChI=1S/C19H31N3O3S/c1-2-3-7-17(15-20)21-19(23)14-16-8-10-18(11-9-16)26(24,25)22-12-5-4-6-13-22/h8-11,17H,2-7,12-15,20H2,1H3,(H,21,23). The van der Waals surface area contributed by atoms with Gasteiger partial charge in [0.1, 0.15) is 0 Å². The molecule has 1 heterocycles. The molecular formula is C19H31N3O3S. The summed E-state index contributed by atoms with van der Waals surface area (Å²) in [5.74, 6) is -0.0804. The first-order valence-corrected chi connectivity index (χ1v) is 11.0. The molecule has 7 heteroatoms. The average Bonchev–Trinajstić information content (AvgIpc) is 2.66. The summed E-state index contributed by atoms with van der Waals surface area (Å²) in [5.41, 5.74) is 6.51. The van der Waals surface area contributed by atoms with Crippen molar-refractivity contribution < 1.29 is 13.2 Å². The summed E-state index contributed by atoms with van der Waals surface area (Å²) in [5, 5.41) is 2.96. The van der Waals surface area contributed by atoms with Gasteiger partial charge < -0.3 is 11.1 Å². The van der Waals surface area contributed by atoms with Crippen LogP contribution in [0, 0.1) is 0 Å². The van der Waals surface area contributed by atoms with E-state index in [1.807, 2.05) is 0 Å². The van der Waals surface area contributed by atoms with E-state index in [1.165, 1.54) is 0 Å². The third-order valence-corrected chi connectivity index (χ3v) is 6.71. The molecule has 0 bridgehead atoms. The minimum atomic E-state index is -3.42. The fourth-order valence-electron chi connectivity index (χ4n) is 3.20. The summed E-state index contributed by atoms with van der Waals surface area (Å²) in [4.78, 5) is 12.5. The SMILES string of the molecule is CCCCC(CN)NC(=O)Cc1ccc(S(=O)(=O)N2CCCCC2)cc1. The lowest BCUT2D eigenvalue weighted by Crippen LogP contribution is -2.40. The molecule has 1 saturated heterocycles. The van der Waals surface area contributed by atoms with Gasteiger partial charge in [0.05, 0.1) is 11.3 Å². The van der Waals surface area contributed by atoms with E-state index in [1.54, 1.807) is 28.6 Å². The van der Waals surface area contributed by atoms with Crippen LogP contribution in [0.3, 0.4) is 0 Å². The molecular weight excluding hydrogens is 350 g/mol. The molecule has 26 heavy (non-hydrogen) atoms. The number of unbranched alkanes of at least 4 members (excludes halogenated alkanes) is 1. The van der Waals surface area contributed by atoms with Crippen molar-refractivity contribution in [1.29, 1.82) is 0 Å². The molecule has 6 nitrogen and oxygen atoms in total. The lowest BCUT2D eigenvalue weighted by Gasteiger charge is -2.25. The number of piperidine rings is 1. The molecule has 1 unspecified atom stereocenters. The van der Waals surface area contributed by atoms with Gasteiger partial charge in [-0.25, -0.2) is 8.42 Å². The number of sulfonamides is 1. The number of carbonyl (C=O) groups is 1. The van der Waals surface area contributed by atoms with Gasteiger partial charge >= 0.3 is 0 Å². The van der Waals surface area contributed by atoms with Crippen molar-refractivity contribution in [2.75, 3.05) is 19.6 Å². The van der Waals surface area contributed by atoms with Gasteiger partial charge in [-0.3, -0.25) is 4.79 Å². The van der Waals surface area contributed by atoms with E-state index < -0.39 is 10.0 Å². The van der Waals surface area contributed by atoms with Crippen LogP contribution in [0.15, 0.2) is 29.2 Å². The summed E-state index contributed by atoms with van der Waals surface area (Å²) < 4.78 is 26.8. The first kappa shape index (κ1) is 20.9. The summed E-state index contributed by atoms with van der Waals surface area (Å²) >= 11 is 0. The van der Waals surface area contributed by atoms with Crippen molar-refractivity contribution >= 4 is 15.9 Å². The third kappa shape index (κ3) is 5.79. The second kappa shape index (κ2) is 10.0. The molecule has 1 aliphatic heterocycles. The predicted molar refractivity (Wildman–Crippen MR) is 103 cm³/mol. The van der Waals surface area contributed by atoms with Crippen LogP contribution in [-0.4, -0.2) is 44.3 Å². The molecule has 1 fully saturated rings. The van der Waals surface area contributed by atoms with Crippen LogP contribution in [0.2, 0.25) is 0 Å². The number of hydrogen-bond donors (Lipinski definition) is 2. The molecule has 1 aromatic rings. The van der Waals surface area contributed by atoms with Crippen molar-refractivity contribution in [2.45, 2.75) is 62.8 Å². The Morgan fingerprint density at radius 2 is 1.85 bits per heavy atom. The number of nitrogens with one attached hydrogen (secondary N) is 1. The van der Waals surface area contributed by atoms with Gasteiger partial charge in [0, 0.05) is 25.7 Å².